The number of furan rings is 1. The SMILES string of the molecule is Clc1cccc2oc3cccc(-c4nc(-c5ccccc5)nc(-c5ccccc5)n4)c3c12. The molecule has 0 aliphatic rings. The summed E-state index contributed by atoms with van der Waals surface area (Å²) in [4.78, 5) is 14.5. The highest BCUT2D eigenvalue weighted by molar-refractivity contribution is 6.38. The van der Waals surface area contributed by atoms with Crippen LogP contribution in [0, 0.1) is 0 Å². The lowest BCUT2D eigenvalue weighted by Crippen LogP contribution is -2.00. The van der Waals surface area contributed by atoms with Crippen LogP contribution < -0.4 is 0 Å². The maximum absolute atomic E-state index is 6.58. The second kappa shape index (κ2) is 7.59. The Morgan fingerprint density at radius 1 is 0.500 bits per heavy atom. The summed E-state index contributed by atoms with van der Waals surface area (Å²) in [5.74, 6) is 1.81. The Hall–Kier alpha value is -4.02. The molecule has 0 N–H and O–H groups in total. The molecule has 152 valence electrons. The molecule has 4 nitrogen and oxygen atoms in total. The van der Waals surface area contributed by atoms with Gasteiger partial charge in [-0.25, -0.2) is 15.0 Å². The van der Waals surface area contributed by atoms with Crippen molar-refractivity contribution in [2.45, 2.75) is 0 Å². The molecule has 2 heterocycles. The molecule has 5 heteroatoms. The first kappa shape index (κ1) is 18.7. The third-order valence-corrected chi connectivity index (χ3v) is 5.73. The normalized spacial score (nSPS) is 11.3. The van der Waals surface area contributed by atoms with Gasteiger partial charge in [-0.05, 0) is 18.2 Å². The van der Waals surface area contributed by atoms with Crippen molar-refractivity contribution >= 4 is 33.5 Å². The van der Waals surface area contributed by atoms with Gasteiger partial charge in [-0.1, -0.05) is 90.5 Å². The number of benzene rings is 4. The molecule has 32 heavy (non-hydrogen) atoms. The summed E-state index contributed by atoms with van der Waals surface area (Å²) in [6.45, 7) is 0. The van der Waals surface area contributed by atoms with E-state index >= 15 is 0 Å². The van der Waals surface area contributed by atoms with Gasteiger partial charge in [0.15, 0.2) is 17.5 Å². The highest BCUT2D eigenvalue weighted by Gasteiger charge is 2.18. The molecule has 0 radical (unpaired) electrons. The Labute approximate surface area is 189 Å². The summed E-state index contributed by atoms with van der Waals surface area (Å²) in [5.41, 5.74) is 4.19. The Morgan fingerprint density at radius 3 is 1.66 bits per heavy atom. The lowest BCUT2D eigenvalue weighted by Gasteiger charge is -2.09. The highest BCUT2D eigenvalue weighted by atomic mass is 35.5. The molecule has 0 saturated heterocycles. The molecule has 0 spiro atoms. The van der Waals surface area contributed by atoms with Crippen molar-refractivity contribution in [3.63, 3.8) is 0 Å². The molecule has 2 aromatic heterocycles. The summed E-state index contributed by atoms with van der Waals surface area (Å²) < 4.78 is 6.07. The van der Waals surface area contributed by atoms with E-state index in [1.54, 1.807) is 0 Å². The third kappa shape index (κ3) is 3.13. The van der Waals surface area contributed by atoms with Crippen molar-refractivity contribution < 1.29 is 4.42 Å². The summed E-state index contributed by atoms with van der Waals surface area (Å²) >= 11 is 6.58. The Balaban J connectivity index is 1.67. The van der Waals surface area contributed by atoms with E-state index in [0.717, 1.165) is 38.6 Å². The van der Waals surface area contributed by atoms with Crippen LogP contribution in [0.3, 0.4) is 0 Å². The molecule has 4 aromatic carbocycles. The number of rotatable bonds is 3. The molecule has 0 amide bonds. The standard InChI is InChI=1S/C27H16ClN3O/c28-20-14-8-16-22-24(20)23-19(13-7-15-21(23)32-22)27-30-25(17-9-3-1-4-10-17)29-26(31-27)18-11-5-2-6-12-18/h1-16H. The smallest absolute Gasteiger partial charge is 0.164 e. The molecule has 6 rings (SSSR count). The van der Waals surface area contributed by atoms with Crippen LogP contribution in [-0.2, 0) is 0 Å². The zero-order valence-corrected chi connectivity index (χ0v) is 17.6. The van der Waals surface area contributed by atoms with Crippen molar-refractivity contribution in [2.24, 2.45) is 0 Å². The fraction of sp³-hybridized carbons (Fsp3) is 0. The average Bonchev–Trinajstić information content (AvgIpc) is 3.25. The van der Waals surface area contributed by atoms with Crippen LogP contribution in [0.1, 0.15) is 0 Å². The Bertz CT molecular complexity index is 1520. The average molecular weight is 434 g/mol. The topological polar surface area (TPSA) is 51.8 Å². The molecular weight excluding hydrogens is 418 g/mol. The first-order valence-corrected chi connectivity index (χ1v) is 10.6. The second-order valence-electron chi connectivity index (χ2n) is 7.43. The van der Waals surface area contributed by atoms with Crippen LogP contribution in [0.25, 0.3) is 56.1 Å². The molecule has 0 saturated carbocycles. The zero-order chi connectivity index (χ0) is 21.5. The minimum Gasteiger partial charge on any atom is -0.456 e. The first-order chi connectivity index (χ1) is 15.8. The predicted octanol–water partition coefficient (Wildman–Crippen LogP) is 7.43. The molecule has 0 bridgehead atoms. The van der Waals surface area contributed by atoms with Crippen LogP contribution in [0.5, 0.6) is 0 Å². The predicted molar refractivity (Wildman–Crippen MR) is 128 cm³/mol. The van der Waals surface area contributed by atoms with E-state index in [2.05, 4.69) is 0 Å². The molecule has 0 aliphatic carbocycles. The van der Waals surface area contributed by atoms with Crippen molar-refractivity contribution in [3.05, 3.63) is 102 Å². The number of halogens is 1. The van der Waals surface area contributed by atoms with Gasteiger partial charge in [0.2, 0.25) is 0 Å². The number of aromatic nitrogens is 3. The van der Waals surface area contributed by atoms with Gasteiger partial charge in [-0.3, -0.25) is 0 Å². The minimum atomic E-state index is 0.575. The van der Waals surface area contributed by atoms with E-state index in [9.17, 15) is 0 Å². The summed E-state index contributed by atoms with van der Waals surface area (Å²) in [6, 6.07) is 31.4. The molecule has 0 atom stereocenters. The third-order valence-electron chi connectivity index (χ3n) is 5.41. The van der Waals surface area contributed by atoms with Gasteiger partial charge >= 0.3 is 0 Å². The van der Waals surface area contributed by atoms with E-state index in [1.807, 2.05) is 97.1 Å². The van der Waals surface area contributed by atoms with E-state index in [1.165, 1.54) is 0 Å². The van der Waals surface area contributed by atoms with Gasteiger partial charge in [0.05, 0.1) is 5.02 Å². The summed E-state index contributed by atoms with van der Waals surface area (Å²) in [7, 11) is 0. The monoisotopic (exact) mass is 433 g/mol. The fourth-order valence-corrected chi connectivity index (χ4v) is 4.20. The Morgan fingerprint density at radius 2 is 1.03 bits per heavy atom. The van der Waals surface area contributed by atoms with E-state index in [-0.39, 0.29) is 0 Å². The lowest BCUT2D eigenvalue weighted by molar-refractivity contribution is 0.669. The van der Waals surface area contributed by atoms with Crippen molar-refractivity contribution in [2.75, 3.05) is 0 Å². The summed E-state index contributed by atoms with van der Waals surface area (Å²) in [5, 5.41) is 2.40. The van der Waals surface area contributed by atoms with Gasteiger partial charge in [0, 0.05) is 27.5 Å². The molecule has 0 fully saturated rings. The highest BCUT2D eigenvalue weighted by Crippen LogP contribution is 2.39. The number of hydrogen-bond donors (Lipinski definition) is 0. The van der Waals surface area contributed by atoms with E-state index in [0.29, 0.717) is 22.5 Å². The largest absolute Gasteiger partial charge is 0.456 e. The first-order valence-electron chi connectivity index (χ1n) is 10.2. The second-order valence-corrected chi connectivity index (χ2v) is 7.84. The number of fused-ring (bicyclic) bond motifs is 3. The molecular formula is C27H16ClN3O. The number of nitrogens with zero attached hydrogens (tertiary/aromatic N) is 3. The maximum Gasteiger partial charge on any atom is 0.164 e. The van der Waals surface area contributed by atoms with Gasteiger partial charge in [-0.15, -0.1) is 0 Å². The van der Waals surface area contributed by atoms with E-state index in [4.69, 9.17) is 31.0 Å². The van der Waals surface area contributed by atoms with E-state index < -0.39 is 0 Å². The van der Waals surface area contributed by atoms with Crippen LogP contribution in [0.15, 0.2) is 101 Å². The van der Waals surface area contributed by atoms with Crippen molar-refractivity contribution in [1.82, 2.24) is 15.0 Å². The minimum absolute atomic E-state index is 0.575. The van der Waals surface area contributed by atoms with Crippen molar-refractivity contribution in [3.8, 4) is 34.2 Å². The zero-order valence-electron chi connectivity index (χ0n) is 16.9. The van der Waals surface area contributed by atoms with Gasteiger partial charge < -0.3 is 4.42 Å². The van der Waals surface area contributed by atoms with Crippen LogP contribution in [-0.4, -0.2) is 15.0 Å². The van der Waals surface area contributed by atoms with Crippen LogP contribution in [0.4, 0.5) is 0 Å². The van der Waals surface area contributed by atoms with Gasteiger partial charge in [0.1, 0.15) is 11.2 Å². The number of hydrogen-bond acceptors (Lipinski definition) is 4. The Kier molecular flexibility index (Phi) is 4.44. The molecule has 6 aromatic rings. The summed E-state index contributed by atoms with van der Waals surface area (Å²) in [6.07, 6.45) is 0. The van der Waals surface area contributed by atoms with Gasteiger partial charge in [-0.2, -0.15) is 0 Å². The maximum atomic E-state index is 6.58. The van der Waals surface area contributed by atoms with Crippen LogP contribution >= 0.6 is 11.6 Å². The molecule has 0 aliphatic heterocycles. The van der Waals surface area contributed by atoms with Gasteiger partial charge in [0.25, 0.3) is 0 Å². The lowest BCUT2D eigenvalue weighted by atomic mass is 10.1. The molecule has 0 unspecified atom stereocenters. The van der Waals surface area contributed by atoms with Crippen molar-refractivity contribution in [1.29, 1.82) is 0 Å². The van der Waals surface area contributed by atoms with Crippen LogP contribution in [0.2, 0.25) is 5.02 Å². The quantitative estimate of drug-likeness (QED) is 0.291. The fourth-order valence-electron chi connectivity index (χ4n) is 3.94.